The van der Waals surface area contributed by atoms with Crippen molar-refractivity contribution in [2.24, 2.45) is 5.41 Å². The second-order valence-corrected chi connectivity index (χ2v) is 20.0. The van der Waals surface area contributed by atoms with Crippen LogP contribution >= 0.6 is 0 Å². The zero-order valence-corrected chi connectivity index (χ0v) is 32.4. The molecule has 2 aliphatic rings. The summed E-state index contributed by atoms with van der Waals surface area (Å²) in [5.41, 5.74) is 2.83. The number of aryl methyl sites for hydroxylation is 1. The number of rotatable bonds is 9. The predicted octanol–water partition coefficient (Wildman–Crippen LogP) is 9.50. The number of cyclic esters (lactones) is 1. The molecule has 0 radical (unpaired) electrons. The summed E-state index contributed by atoms with van der Waals surface area (Å²) in [4.78, 5) is 26.1. The third kappa shape index (κ3) is 8.55. The van der Waals surface area contributed by atoms with Gasteiger partial charge in [-0.2, -0.15) is 0 Å². The topological polar surface area (TPSA) is 71.1 Å². The SMILES string of the molecule is Cc1cc(C2=C(/C=C/[C@@H]3C[C@@H](O[Si](c4ccccc4)(c4ccccc4)C(C)(C)C)CC(=O)O3)C(C)(C)C[C@H](OC(=O)Oc3ccccc3)C2)ccc1F. The van der Waals surface area contributed by atoms with Gasteiger partial charge in [0.05, 0.1) is 12.5 Å². The molecule has 0 unspecified atom stereocenters. The standard InChI is InChI=1S/C45H49FO6Si/c1-31-26-32(22-25-41(31)46)39-28-36(51-43(48)50-33-16-10-7-11-17-33)30-45(5,6)40(39)24-23-34-27-35(29-42(47)49-34)52-53(44(2,3)4,37-18-12-8-13-19-37)38-20-14-9-15-21-38/h7-26,34-36H,27-30H2,1-6H3/b24-23+/t34-,35-,36-/m1/s1. The van der Waals surface area contributed by atoms with Crippen LogP contribution in [0.3, 0.4) is 0 Å². The molecule has 1 heterocycles. The molecular formula is C45H49FO6Si. The molecule has 0 aromatic heterocycles. The first-order chi connectivity index (χ1) is 25.2. The Morgan fingerprint density at radius 1 is 0.868 bits per heavy atom. The van der Waals surface area contributed by atoms with Crippen molar-refractivity contribution in [1.29, 1.82) is 0 Å². The number of carbonyl (C=O) groups is 2. The summed E-state index contributed by atoms with van der Waals surface area (Å²) in [5, 5.41) is 2.07. The third-order valence-electron chi connectivity index (χ3n) is 10.3. The second-order valence-electron chi connectivity index (χ2n) is 15.8. The Hall–Kier alpha value is -4.79. The van der Waals surface area contributed by atoms with Gasteiger partial charge in [0.25, 0.3) is 8.32 Å². The lowest BCUT2D eigenvalue weighted by molar-refractivity contribution is -0.155. The lowest BCUT2D eigenvalue weighted by atomic mass is 9.69. The fourth-order valence-electron chi connectivity index (χ4n) is 7.90. The Morgan fingerprint density at radius 2 is 1.47 bits per heavy atom. The van der Waals surface area contributed by atoms with E-state index in [-0.39, 0.29) is 29.3 Å². The normalized spacial score (nSPS) is 20.6. The molecule has 1 fully saturated rings. The van der Waals surface area contributed by atoms with E-state index in [9.17, 15) is 14.0 Å². The van der Waals surface area contributed by atoms with E-state index in [1.54, 1.807) is 37.3 Å². The van der Waals surface area contributed by atoms with E-state index in [1.807, 2.05) is 36.4 Å². The van der Waals surface area contributed by atoms with Gasteiger partial charge in [-0.1, -0.05) is 126 Å². The summed E-state index contributed by atoms with van der Waals surface area (Å²) in [6, 6.07) is 34.7. The monoisotopic (exact) mass is 732 g/mol. The van der Waals surface area contributed by atoms with Gasteiger partial charge in [0.1, 0.15) is 23.8 Å². The van der Waals surface area contributed by atoms with E-state index in [4.69, 9.17) is 18.6 Å². The summed E-state index contributed by atoms with van der Waals surface area (Å²) >= 11 is 0. The number of carbonyl (C=O) groups excluding carboxylic acids is 2. The third-order valence-corrected chi connectivity index (χ3v) is 15.4. The van der Waals surface area contributed by atoms with Gasteiger partial charge < -0.3 is 18.6 Å². The van der Waals surface area contributed by atoms with Gasteiger partial charge in [-0.05, 0) is 86.8 Å². The van der Waals surface area contributed by atoms with Gasteiger partial charge in [-0.15, -0.1) is 0 Å². The Balaban J connectivity index is 1.31. The number of para-hydroxylation sites is 1. The van der Waals surface area contributed by atoms with E-state index >= 15 is 0 Å². The maximum absolute atomic E-state index is 14.5. The van der Waals surface area contributed by atoms with Crippen molar-refractivity contribution in [2.45, 2.75) is 90.6 Å². The highest BCUT2D eigenvalue weighted by atomic mass is 28.4. The number of hydrogen-bond donors (Lipinski definition) is 0. The van der Waals surface area contributed by atoms with Crippen LogP contribution < -0.4 is 15.1 Å². The fourth-order valence-corrected chi connectivity index (χ4v) is 12.6. The van der Waals surface area contributed by atoms with Crippen molar-refractivity contribution in [3.05, 3.63) is 144 Å². The summed E-state index contributed by atoms with van der Waals surface area (Å²) in [6.07, 6.45) is 3.47. The molecule has 6 rings (SSSR count). The minimum Gasteiger partial charge on any atom is -0.458 e. The molecule has 0 N–H and O–H groups in total. The quantitative estimate of drug-likeness (QED) is 0.0971. The maximum Gasteiger partial charge on any atom is 0.514 e. The van der Waals surface area contributed by atoms with Gasteiger partial charge >= 0.3 is 12.1 Å². The molecule has 3 atom stereocenters. The van der Waals surface area contributed by atoms with Gasteiger partial charge in [0, 0.05) is 12.8 Å². The molecule has 8 heteroatoms. The van der Waals surface area contributed by atoms with E-state index in [0.717, 1.165) is 27.1 Å². The maximum atomic E-state index is 14.5. The summed E-state index contributed by atoms with van der Waals surface area (Å²) in [7, 11) is -2.91. The molecule has 1 aliphatic heterocycles. The van der Waals surface area contributed by atoms with Crippen LogP contribution in [-0.4, -0.2) is 38.8 Å². The molecule has 1 aliphatic carbocycles. The first-order valence-electron chi connectivity index (χ1n) is 18.4. The molecule has 4 aromatic carbocycles. The van der Waals surface area contributed by atoms with Gasteiger partial charge in [-0.25, -0.2) is 9.18 Å². The van der Waals surface area contributed by atoms with Crippen LogP contribution in [0.2, 0.25) is 5.04 Å². The first-order valence-corrected chi connectivity index (χ1v) is 20.3. The van der Waals surface area contributed by atoms with Crippen molar-refractivity contribution in [1.82, 2.24) is 0 Å². The number of benzene rings is 4. The van der Waals surface area contributed by atoms with Crippen LogP contribution in [0.25, 0.3) is 5.57 Å². The number of allylic oxidation sites excluding steroid dienone is 2. The molecule has 6 nitrogen and oxygen atoms in total. The molecule has 0 saturated carbocycles. The minimum absolute atomic E-state index is 0.168. The van der Waals surface area contributed by atoms with Crippen molar-refractivity contribution in [3.8, 4) is 5.75 Å². The first kappa shape index (κ1) is 37.9. The Bertz CT molecular complexity index is 1930. The van der Waals surface area contributed by atoms with Crippen LogP contribution in [0.4, 0.5) is 9.18 Å². The number of ether oxygens (including phenoxy) is 3. The minimum atomic E-state index is -2.91. The molecular weight excluding hydrogens is 684 g/mol. The van der Waals surface area contributed by atoms with Crippen molar-refractivity contribution in [3.63, 3.8) is 0 Å². The van der Waals surface area contributed by atoms with Gasteiger partial charge in [0.2, 0.25) is 0 Å². The smallest absolute Gasteiger partial charge is 0.458 e. The molecule has 0 amide bonds. The largest absolute Gasteiger partial charge is 0.514 e. The Labute approximate surface area is 313 Å². The zero-order chi connectivity index (χ0) is 37.8. The number of esters is 1. The van der Waals surface area contributed by atoms with Gasteiger partial charge in [0.15, 0.2) is 0 Å². The Kier molecular flexibility index (Phi) is 11.2. The highest BCUT2D eigenvalue weighted by molar-refractivity contribution is 6.99. The Morgan fingerprint density at radius 3 is 2.06 bits per heavy atom. The van der Waals surface area contributed by atoms with E-state index in [2.05, 4.69) is 83.1 Å². The highest BCUT2D eigenvalue weighted by Crippen LogP contribution is 2.46. The van der Waals surface area contributed by atoms with Crippen LogP contribution in [0.15, 0.2) is 127 Å². The number of halogens is 1. The summed E-state index contributed by atoms with van der Waals surface area (Å²) in [6.45, 7) is 12.6. The molecule has 0 spiro atoms. The van der Waals surface area contributed by atoms with Crippen molar-refractivity contribution >= 4 is 36.4 Å². The molecule has 1 saturated heterocycles. The second kappa shape index (κ2) is 15.7. The lowest BCUT2D eigenvalue weighted by Gasteiger charge is -2.46. The van der Waals surface area contributed by atoms with Gasteiger partial charge in [-0.3, -0.25) is 4.79 Å². The predicted molar refractivity (Wildman–Crippen MR) is 209 cm³/mol. The summed E-state index contributed by atoms with van der Waals surface area (Å²) in [5.74, 6) is -0.187. The highest BCUT2D eigenvalue weighted by Gasteiger charge is 2.52. The fraction of sp³-hybridized carbons (Fsp3) is 0.333. The van der Waals surface area contributed by atoms with E-state index in [1.165, 1.54) is 6.07 Å². The molecule has 0 bridgehead atoms. The molecule has 53 heavy (non-hydrogen) atoms. The lowest BCUT2D eigenvalue weighted by Crippen LogP contribution is -2.68. The van der Waals surface area contributed by atoms with Crippen LogP contribution in [0, 0.1) is 18.2 Å². The van der Waals surface area contributed by atoms with Crippen LogP contribution in [-0.2, 0) is 18.7 Å². The average molecular weight is 733 g/mol. The zero-order valence-electron chi connectivity index (χ0n) is 31.4. The number of hydrogen-bond acceptors (Lipinski definition) is 6. The van der Waals surface area contributed by atoms with E-state index in [0.29, 0.717) is 30.6 Å². The molecule has 276 valence electrons. The summed E-state index contributed by atoms with van der Waals surface area (Å²) < 4.78 is 39.1. The van der Waals surface area contributed by atoms with Crippen LogP contribution in [0.5, 0.6) is 5.75 Å². The van der Waals surface area contributed by atoms with Crippen LogP contribution in [0.1, 0.15) is 71.4 Å². The van der Waals surface area contributed by atoms with Crippen molar-refractivity contribution < 1.29 is 32.6 Å². The average Bonchev–Trinajstić information content (AvgIpc) is 3.11. The van der Waals surface area contributed by atoms with Crippen molar-refractivity contribution in [2.75, 3.05) is 0 Å². The van der Waals surface area contributed by atoms with E-state index < -0.39 is 32.1 Å². The molecule has 4 aromatic rings.